The van der Waals surface area contributed by atoms with Crippen LogP contribution in [0.15, 0.2) is 16.6 Å². The van der Waals surface area contributed by atoms with E-state index in [0.717, 1.165) is 21.5 Å². The number of benzene rings is 1. The third kappa shape index (κ3) is 1.48. The highest BCUT2D eigenvalue weighted by Gasteiger charge is 2.22. The first-order valence-corrected chi connectivity index (χ1v) is 5.31. The van der Waals surface area contributed by atoms with Gasteiger partial charge in [0.2, 0.25) is 6.79 Å². The molecule has 0 saturated heterocycles. The Morgan fingerprint density at radius 3 is 3.00 bits per heavy atom. The standard InChI is InChI=1S/C10H12BrNO2/c1-6(4-12)9-7(11)2-3-8-10(9)14-5-13-8/h2-3,6H,4-5,12H2,1H3. The van der Waals surface area contributed by atoms with Gasteiger partial charge < -0.3 is 15.2 Å². The monoisotopic (exact) mass is 257 g/mol. The third-order valence-corrected chi connectivity index (χ3v) is 3.06. The number of nitrogens with two attached hydrogens (primary N) is 1. The summed E-state index contributed by atoms with van der Waals surface area (Å²) in [7, 11) is 0. The van der Waals surface area contributed by atoms with Gasteiger partial charge in [0.25, 0.3) is 0 Å². The lowest BCUT2D eigenvalue weighted by Crippen LogP contribution is -2.10. The van der Waals surface area contributed by atoms with Crippen LogP contribution in [0.2, 0.25) is 0 Å². The lowest BCUT2D eigenvalue weighted by atomic mass is 10.00. The highest BCUT2D eigenvalue weighted by Crippen LogP contribution is 2.42. The summed E-state index contributed by atoms with van der Waals surface area (Å²) in [5.74, 6) is 1.90. The normalized spacial score (nSPS) is 15.6. The fraction of sp³-hybridized carbons (Fsp3) is 0.400. The van der Waals surface area contributed by atoms with Crippen molar-refractivity contribution in [1.82, 2.24) is 0 Å². The molecule has 1 heterocycles. The van der Waals surface area contributed by atoms with E-state index in [-0.39, 0.29) is 5.92 Å². The van der Waals surface area contributed by atoms with Crippen LogP contribution in [0.3, 0.4) is 0 Å². The van der Waals surface area contributed by atoms with Crippen molar-refractivity contribution in [3.63, 3.8) is 0 Å². The zero-order valence-electron chi connectivity index (χ0n) is 7.92. The molecule has 0 spiro atoms. The summed E-state index contributed by atoms with van der Waals surface area (Å²) in [6.07, 6.45) is 0. The summed E-state index contributed by atoms with van der Waals surface area (Å²) in [5, 5.41) is 0. The summed E-state index contributed by atoms with van der Waals surface area (Å²) in [6, 6.07) is 3.87. The lowest BCUT2D eigenvalue weighted by molar-refractivity contribution is 0.173. The molecule has 1 aromatic rings. The van der Waals surface area contributed by atoms with Crippen LogP contribution in [-0.2, 0) is 0 Å². The fourth-order valence-corrected chi connectivity index (χ4v) is 2.25. The van der Waals surface area contributed by atoms with Crippen LogP contribution in [-0.4, -0.2) is 13.3 Å². The molecule has 0 amide bonds. The van der Waals surface area contributed by atoms with Crippen LogP contribution in [0.4, 0.5) is 0 Å². The summed E-state index contributed by atoms with van der Waals surface area (Å²) >= 11 is 3.50. The molecule has 0 aromatic heterocycles. The highest BCUT2D eigenvalue weighted by atomic mass is 79.9. The number of hydrogen-bond acceptors (Lipinski definition) is 3. The van der Waals surface area contributed by atoms with E-state index in [1.807, 2.05) is 12.1 Å². The largest absolute Gasteiger partial charge is 0.454 e. The Morgan fingerprint density at radius 1 is 1.50 bits per heavy atom. The Hall–Kier alpha value is -0.740. The zero-order chi connectivity index (χ0) is 10.1. The Morgan fingerprint density at radius 2 is 2.29 bits per heavy atom. The summed E-state index contributed by atoms with van der Waals surface area (Å²) in [4.78, 5) is 0. The van der Waals surface area contributed by atoms with Crippen molar-refractivity contribution in [2.75, 3.05) is 13.3 Å². The molecule has 2 N–H and O–H groups in total. The maximum Gasteiger partial charge on any atom is 0.231 e. The second-order valence-electron chi connectivity index (χ2n) is 3.33. The Bertz CT molecular complexity index is 354. The number of rotatable bonds is 2. The first-order valence-electron chi connectivity index (χ1n) is 4.52. The van der Waals surface area contributed by atoms with Crippen molar-refractivity contribution in [3.8, 4) is 11.5 Å². The molecule has 4 heteroatoms. The van der Waals surface area contributed by atoms with Gasteiger partial charge in [-0.05, 0) is 24.6 Å². The minimum absolute atomic E-state index is 0.265. The van der Waals surface area contributed by atoms with Crippen LogP contribution in [0.25, 0.3) is 0 Å². The summed E-state index contributed by atoms with van der Waals surface area (Å²) in [5.41, 5.74) is 6.75. The van der Waals surface area contributed by atoms with E-state index in [0.29, 0.717) is 13.3 Å². The number of fused-ring (bicyclic) bond motifs is 1. The SMILES string of the molecule is CC(CN)c1c(Br)ccc2c1OCO2. The van der Waals surface area contributed by atoms with Gasteiger partial charge in [-0.1, -0.05) is 22.9 Å². The third-order valence-electron chi connectivity index (χ3n) is 2.37. The van der Waals surface area contributed by atoms with Crippen molar-refractivity contribution < 1.29 is 9.47 Å². The molecular weight excluding hydrogens is 246 g/mol. The van der Waals surface area contributed by atoms with E-state index < -0.39 is 0 Å². The first-order chi connectivity index (χ1) is 6.74. The maximum atomic E-state index is 5.65. The van der Waals surface area contributed by atoms with Crippen LogP contribution in [0, 0.1) is 0 Å². The molecule has 1 aliphatic heterocycles. The van der Waals surface area contributed by atoms with Gasteiger partial charge in [-0.3, -0.25) is 0 Å². The first kappa shape index (κ1) is 9.80. The summed E-state index contributed by atoms with van der Waals surface area (Å²) < 4.78 is 11.8. The van der Waals surface area contributed by atoms with Crippen LogP contribution >= 0.6 is 15.9 Å². The van der Waals surface area contributed by atoms with Crippen LogP contribution in [0.1, 0.15) is 18.4 Å². The molecular formula is C10H12BrNO2. The van der Waals surface area contributed by atoms with Gasteiger partial charge >= 0.3 is 0 Å². The second kappa shape index (κ2) is 3.79. The molecule has 0 fully saturated rings. The van der Waals surface area contributed by atoms with Gasteiger partial charge in [0.15, 0.2) is 11.5 Å². The molecule has 0 saturated carbocycles. The van der Waals surface area contributed by atoms with E-state index in [1.54, 1.807) is 0 Å². The van der Waals surface area contributed by atoms with E-state index in [9.17, 15) is 0 Å². The highest BCUT2D eigenvalue weighted by molar-refractivity contribution is 9.10. The van der Waals surface area contributed by atoms with Crippen molar-refractivity contribution in [3.05, 3.63) is 22.2 Å². The summed E-state index contributed by atoms with van der Waals surface area (Å²) in [6.45, 7) is 2.97. The van der Waals surface area contributed by atoms with Crippen molar-refractivity contribution in [2.45, 2.75) is 12.8 Å². The Labute approximate surface area is 91.3 Å². The Kier molecular flexibility index (Phi) is 2.65. The lowest BCUT2D eigenvalue weighted by Gasteiger charge is -2.13. The number of halogens is 1. The van der Waals surface area contributed by atoms with Crippen molar-refractivity contribution in [1.29, 1.82) is 0 Å². The van der Waals surface area contributed by atoms with Gasteiger partial charge in [0.1, 0.15) is 0 Å². The average molecular weight is 258 g/mol. The fourth-order valence-electron chi connectivity index (χ4n) is 1.55. The van der Waals surface area contributed by atoms with Gasteiger partial charge in [-0.2, -0.15) is 0 Å². The minimum Gasteiger partial charge on any atom is -0.454 e. The smallest absolute Gasteiger partial charge is 0.231 e. The quantitative estimate of drug-likeness (QED) is 0.884. The van der Waals surface area contributed by atoms with Crippen LogP contribution in [0.5, 0.6) is 11.5 Å². The van der Waals surface area contributed by atoms with Gasteiger partial charge in [0.05, 0.1) is 0 Å². The molecule has 14 heavy (non-hydrogen) atoms. The van der Waals surface area contributed by atoms with Gasteiger partial charge in [0, 0.05) is 10.0 Å². The van der Waals surface area contributed by atoms with E-state index >= 15 is 0 Å². The maximum absolute atomic E-state index is 5.65. The van der Waals surface area contributed by atoms with E-state index in [4.69, 9.17) is 15.2 Å². The predicted octanol–water partition coefficient (Wildman–Crippen LogP) is 2.24. The molecule has 1 unspecified atom stereocenters. The van der Waals surface area contributed by atoms with Crippen molar-refractivity contribution >= 4 is 15.9 Å². The zero-order valence-corrected chi connectivity index (χ0v) is 9.50. The van der Waals surface area contributed by atoms with Gasteiger partial charge in [-0.15, -0.1) is 0 Å². The van der Waals surface area contributed by atoms with E-state index in [2.05, 4.69) is 22.9 Å². The molecule has 1 aromatic carbocycles. The Balaban J connectivity index is 2.51. The minimum atomic E-state index is 0.265. The molecule has 0 bridgehead atoms. The molecule has 76 valence electrons. The molecule has 2 rings (SSSR count). The van der Waals surface area contributed by atoms with Crippen molar-refractivity contribution in [2.24, 2.45) is 5.73 Å². The second-order valence-corrected chi connectivity index (χ2v) is 4.19. The molecule has 1 atom stereocenters. The topological polar surface area (TPSA) is 44.5 Å². The average Bonchev–Trinajstić information content (AvgIpc) is 2.64. The van der Waals surface area contributed by atoms with Gasteiger partial charge in [-0.25, -0.2) is 0 Å². The van der Waals surface area contributed by atoms with Crippen LogP contribution < -0.4 is 15.2 Å². The number of ether oxygens (including phenoxy) is 2. The molecule has 3 nitrogen and oxygen atoms in total. The molecule has 0 aliphatic carbocycles. The molecule has 1 aliphatic rings. The van der Waals surface area contributed by atoms with E-state index in [1.165, 1.54) is 0 Å². The predicted molar refractivity (Wildman–Crippen MR) is 57.7 cm³/mol. The number of hydrogen-bond donors (Lipinski definition) is 1. The molecule has 0 radical (unpaired) electrons.